The summed E-state index contributed by atoms with van der Waals surface area (Å²) in [4.78, 5) is 44.1. The first-order valence-electron chi connectivity index (χ1n) is 17.8. The zero-order valence-electron chi connectivity index (χ0n) is 30.0. The third-order valence-corrected chi connectivity index (χ3v) is 9.37. The summed E-state index contributed by atoms with van der Waals surface area (Å²) in [5.41, 5.74) is 2.38. The number of urea groups is 1. The first-order valence-corrected chi connectivity index (χ1v) is 17.8. The van der Waals surface area contributed by atoms with Crippen LogP contribution in [0.5, 0.6) is 5.75 Å². The number of carbonyl (C=O) groups is 3. The van der Waals surface area contributed by atoms with Gasteiger partial charge < -0.3 is 35.0 Å². The minimum atomic E-state index is -0.525. The maximum absolute atomic E-state index is 14.4. The van der Waals surface area contributed by atoms with Gasteiger partial charge in [0.2, 0.25) is 5.91 Å². The molecule has 3 N–H and O–H groups in total. The third kappa shape index (κ3) is 10.1. The topological polar surface area (TPSA) is 120 Å². The van der Waals surface area contributed by atoms with E-state index in [1.807, 2.05) is 86.6 Å². The largest absolute Gasteiger partial charge is 0.490 e. The van der Waals surface area contributed by atoms with Crippen LogP contribution in [0.25, 0.3) is 10.8 Å². The van der Waals surface area contributed by atoms with Gasteiger partial charge in [-0.25, -0.2) is 4.79 Å². The van der Waals surface area contributed by atoms with Gasteiger partial charge in [0, 0.05) is 43.7 Å². The Morgan fingerprint density at radius 2 is 1.71 bits per heavy atom. The number of hydrogen-bond acceptors (Lipinski definition) is 6. The molecule has 4 amide bonds. The zero-order chi connectivity index (χ0) is 36.3. The lowest BCUT2D eigenvalue weighted by atomic mass is 10.0. The van der Waals surface area contributed by atoms with Crippen molar-refractivity contribution in [3.05, 3.63) is 102 Å². The summed E-state index contributed by atoms with van der Waals surface area (Å²) in [6.45, 7) is 6.55. The second-order valence-electron chi connectivity index (χ2n) is 13.6. The van der Waals surface area contributed by atoms with Gasteiger partial charge in [-0.15, -0.1) is 0 Å². The molecule has 270 valence electrons. The molecule has 51 heavy (non-hydrogen) atoms. The quantitative estimate of drug-likeness (QED) is 0.183. The minimum Gasteiger partial charge on any atom is -0.490 e. The van der Waals surface area contributed by atoms with E-state index in [1.165, 1.54) is 0 Å². The maximum atomic E-state index is 14.4. The molecule has 0 unspecified atom stereocenters. The molecular weight excluding hydrogens is 644 g/mol. The lowest BCUT2D eigenvalue weighted by molar-refractivity contribution is -0.115. The van der Waals surface area contributed by atoms with E-state index in [2.05, 4.69) is 10.6 Å². The van der Waals surface area contributed by atoms with E-state index in [4.69, 9.17) is 9.47 Å². The Hall–Kier alpha value is -4.93. The Balaban J connectivity index is 1.37. The molecule has 4 atom stereocenters. The van der Waals surface area contributed by atoms with E-state index in [9.17, 15) is 19.5 Å². The molecule has 0 bridgehead atoms. The van der Waals surface area contributed by atoms with E-state index in [0.717, 1.165) is 41.3 Å². The van der Waals surface area contributed by atoms with Gasteiger partial charge in [0.1, 0.15) is 5.75 Å². The van der Waals surface area contributed by atoms with Crippen LogP contribution in [0.2, 0.25) is 0 Å². The van der Waals surface area contributed by atoms with Crippen molar-refractivity contribution in [2.45, 2.75) is 64.7 Å². The normalized spacial score (nSPS) is 19.3. The molecule has 0 radical (unpaired) electrons. The number of fused-ring (bicyclic) bond motifs is 2. The highest BCUT2D eigenvalue weighted by Gasteiger charge is 2.31. The summed E-state index contributed by atoms with van der Waals surface area (Å²) in [6.07, 6.45) is 2.02. The van der Waals surface area contributed by atoms with Crippen molar-refractivity contribution in [1.29, 1.82) is 0 Å². The Morgan fingerprint density at radius 1 is 0.961 bits per heavy atom. The molecule has 0 fully saturated rings. The summed E-state index contributed by atoms with van der Waals surface area (Å²) in [7, 11) is 1.74. The van der Waals surface area contributed by atoms with Crippen LogP contribution in [0.15, 0.2) is 91.0 Å². The highest BCUT2D eigenvalue weighted by Crippen LogP contribution is 2.29. The average molecular weight is 695 g/mol. The van der Waals surface area contributed by atoms with Gasteiger partial charge in [-0.05, 0) is 68.3 Å². The number of amides is 4. The summed E-state index contributed by atoms with van der Waals surface area (Å²) in [5, 5.41) is 18.3. The van der Waals surface area contributed by atoms with Gasteiger partial charge >= 0.3 is 6.03 Å². The fraction of sp³-hybridized carbons (Fsp3) is 0.390. The Bertz CT molecular complexity index is 1780. The monoisotopic (exact) mass is 694 g/mol. The van der Waals surface area contributed by atoms with E-state index < -0.39 is 12.1 Å². The van der Waals surface area contributed by atoms with Crippen molar-refractivity contribution in [3.8, 4) is 5.75 Å². The molecule has 0 saturated heterocycles. The molecule has 4 aromatic carbocycles. The van der Waals surface area contributed by atoms with Gasteiger partial charge in [0.15, 0.2) is 0 Å². The molecule has 10 heteroatoms. The first-order chi connectivity index (χ1) is 24.6. The lowest BCUT2D eigenvalue weighted by Gasteiger charge is -2.35. The molecule has 10 nitrogen and oxygen atoms in total. The standard InChI is InChI=1S/C41H50N4O6/c1-28-25-45(29(2)27-46)40(48)35-24-33(42-39(47)23-31-14-6-5-7-15-31)20-21-37(35)51-30(3)13-10-11-22-50-38(28)26-44(4)41(49)43-36-19-12-17-32-16-8-9-18-34(32)36/h5-9,12,14-21,24,28-30,38,46H,10-11,13,22-23,25-27H2,1-4H3,(H,42,47)(H,43,49)/t28-,29+,30-,38+/m0/s1. The van der Waals surface area contributed by atoms with E-state index >= 15 is 0 Å². The number of benzene rings is 4. The van der Waals surface area contributed by atoms with Crippen LogP contribution in [0.1, 0.15) is 56.0 Å². The number of anilines is 2. The van der Waals surface area contributed by atoms with Crippen LogP contribution >= 0.6 is 0 Å². The van der Waals surface area contributed by atoms with Crippen LogP contribution in [-0.2, 0) is 16.0 Å². The lowest BCUT2D eigenvalue weighted by Crippen LogP contribution is -2.48. The number of rotatable bonds is 8. The summed E-state index contributed by atoms with van der Waals surface area (Å²) >= 11 is 0. The molecule has 1 heterocycles. The van der Waals surface area contributed by atoms with E-state index in [-0.39, 0.29) is 49.4 Å². The summed E-state index contributed by atoms with van der Waals surface area (Å²) in [5.74, 6) is -0.323. The molecule has 0 aliphatic carbocycles. The maximum Gasteiger partial charge on any atom is 0.321 e. The van der Waals surface area contributed by atoms with Crippen LogP contribution in [-0.4, -0.2) is 84.4 Å². The molecule has 0 saturated carbocycles. The van der Waals surface area contributed by atoms with Crippen molar-refractivity contribution < 1.29 is 29.0 Å². The first kappa shape index (κ1) is 37.3. The van der Waals surface area contributed by atoms with Crippen molar-refractivity contribution in [2.75, 3.05) is 44.0 Å². The number of ether oxygens (including phenoxy) is 2. The number of carbonyl (C=O) groups excluding carboxylic acids is 3. The van der Waals surface area contributed by atoms with Crippen LogP contribution in [0.3, 0.4) is 0 Å². The smallest absolute Gasteiger partial charge is 0.321 e. The zero-order valence-corrected chi connectivity index (χ0v) is 30.0. The second-order valence-corrected chi connectivity index (χ2v) is 13.6. The van der Waals surface area contributed by atoms with Gasteiger partial charge in [-0.1, -0.05) is 73.7 Å². The molecule has 0 aromatic heterocycles. The van der Waals surface area contributed by atoms with E-state index in [1.54, 1.807) is 42.0 Å². The number of aliphatic hydroxyl groups excluding tert-OH is 1. The molecule has 1 aliphatic heterocycles. The van der Waals surface area contributed by atoms with Crippen LogP contribution in [0.4, 0.5) is 16.2 Å². The average Bonchev–Trinajstić information content (AvgIpc) is 3.13. The second kappa shape index (κ2) is 17.8. The number of aliphatic hydroxyl groups is 1. The van der Waals surface area contributed by atoms with Crippen molar-refractivity contribution in [3.63, 3.8) is 0 Å². The van der Waals surface area contributed by atoms with E-state index in [0.29, 0.717) is 30.2 Å². The molecule has 4 aromatic rings. The van der Waals surface area contributed by atoms with Crippen LogP contribution in [0, 0.1) is 5.92 Å². The third-order valence-electron chi connectivity index (χ3n) is 9.37. The Labute approximate surface area is 300 Å². The predicted octanol–water partition coefficient (Wildman–Crippen LogP) is 6.98. The van der Waals surface area contributed by atoms with Crippen molar-refractivity contribution in [1.82, 2.24) is 9.80 Å². The highest BCUT2D eigenvalue weighted by atomic mass is 16.5. The number of nitrogens with zero attached hydrogens (tertiary/aromatic N) is 2. The molecule has 0 spiro atoms. The van der Waals surface area contributed by atoms with Crippen molar-refractivity contribution >= 4 is 40.0 Å². The molecule has 1 aliphatic rings. The van der Waals surface area contributed by atoms with Crippen LogP contribution < -0.4 is 15.4 Å². The van der Waals surface area contributed by atoms with Gasteiger partial charge in [0.05, 0.1) is 42.5 Å². The van der Waals surface area contributed by atoms with Crippen molar-refractivity contribution in [2.24, 2.45) is 5.92 Å². The number of hydrogen-bond donors (Lipinski definition) is 3. The van der Waals surface area contributed by atoms with Gasteiger partial charge in [-0.3, -0.25) is 9.59 Å². The highest BCUT2D eigenvalue weighted by molar-refractivity contribution is 6.02. The fourth-order valence-electron chi connectivity index (χ4n) is 6.35. The predicted molar refractivity (Wildman–Crippen MR) is 201 cm³/mol. The molecule has 5 rings (SSSR count). The summed E-state index contributed by atoms with van der Waals surface area (Å²) in [6, 6.07) is 27.5. The Kier molecular flexibility index (Phi) is 13.0. The van der Waals surface area contributed by atoms with Gasteiger partial charge in [0.25, 0.3) is 5.91 Å². The number of nitrogens with one attached hydrogen (secondary N) is 2. The molecular formula is C41H50N4O6. The SMILES string of the molecule is C[C@H](CO)N1C[C@H](C)[C@@H](CN(C)C(=O)Nc2cccc3ccccc23)OCCCC[C@H](C)Oc2ccc(NC(=O)Cc3ccccc3)cc2C1=O. The summed E-state index contributed by atoms with van der Waals surface area (Å²) < 4.78 is 12.8. The Morgan fingerprint density at radius 3 is 2.49 bits per heavy atom. The number of likely N-dealkylation sites (N-methyl/N-ethyl adjacent to an activating group) is 1. The fourth-order valence-corrected chi connectivity index (χ4v) is 6.35. The minimum absolute atomic E-state index is 0.180. The van der Waals surface area contributed by atoms with Gasteiger partial charge in [-0.2, -0.15) is 0 Å².